The van der Waals surface area contributed by atoms with Crippen LogP contribution in [0.5, 0.6) is 0 Å². The molecule has 5 nitrogen and oxygen atoms in total. The van der Waals surface area contributed by atoms with Crippen LogP contribution in [-0.2, 0) is 12.8 Å². The van der Waals surface area contributed by atoms with Gasteiger partial charge in [-0.25, -0.2) is 9.37 Å². The number of oxazole rings is 1. The predicted molar refractivity (Wildman–Crippen MR) is 127 cm³/mol. The van der Waals surface area contributed by atoms with Crippen molar-refractivity contribution in [2.45, 2.75) is 31.6 Å². The molecule has 1 aliphatic rings. The number of hydrogen-bond donors (Lipinski definition) is 0. The van der Waals surface area contributed by atoms with E-state index in [0.717, 1.165) is 42.0 Å². The van der Waals surface area contributed by atoms with E-state index in [4.69, 9.17) is 4.42 Å². The summed E-state index contributed by atoms with van der Waals surface area (Å²) in [6, 6.07) is 20.2. The summed E-state index contributed by atoms with van der Waals surface area (Å²) in [5, 5.41) is 0. The molecule has 5 rings (SSSR count). The van der Waals surface area contributed by atoms with Crippen molar-refractivity contribution in [1.29, 1.82) is 0 Å². The lowest BCUT2D eigenvalue weighted by Gasteiger charge is -2.31. The summed E-state index contributed by atoms with van der Waals surface area (Å²) >= 11 is 0. The number of amides is 1. The third kappa shape index (κ3) is 5.22. The second-order valence-corrected chi connectivity index (χ2v) is 8.76. The number of piperidine rings is 1. The summed E-state index contributed by atoms with van der Waals surface area (Å²) in [6.45, 7) is 1.29. The van der Waals surface area contributed by atoms with Crippen LogP contribution in [0, 0.1) is 5.82 Å². The SMILES string of the molecule is O=C(c1ccnc(Cc2ccccc2)c1)N1CCCC(c2ncc(Cc3ccc(F)cc3)o2)C1. The average molecular weight is 456 g/mol. The number of rotatable bonds is 6. The lowest BCUT2D eigenvalue weighted by Crippen LogP contribution is -2.39. The third-order valence-electron chi connectivity index (χ3n) is 6.21. The van der Waals surface area contributed by atoms with Gasteiger partial charge in [0, 0.05) is 43.4 Å². The van der Waals surface area contributed by atoms with E-state index in [-0.39, 0.29) is 17.6 Å². The van der Waals surface area contributed by atoms with Crippen molar-refractivity contribution in [3.8, 4) is 0 Å². The van der Waals surface area contributed by atoms with Crippen LogP contribution in [-0.4, -0.2) is 33.9 Å². The van der Waals surface area contributed by atoms with Gasteiger partial charge in [-0.15, -0.1) is 0 Å². The normalized spacial score (nSPS) is 15.9. The van der Waals surface area contributed by atoms with Gasteiger partial charge in [-0.2, -0.15) is 0 Å². The maximum atomic E-state index is 13.3. The molecule has 1 fully saturated rings. The Balaban J connectivity index is 1.25. The minimum atomic E-state index is -0.254. The number of carbonyl (C=O) groups excluding carboxylic acids is 1. The number of benzene rings is 2. The Kier molecular flexibility index (Phi) is 6.47. The number of pyridine rings is 1. The topological polar surface area (TPSA) is 59.2 Å². The molecule has 0 saturated carbocycles. The Morgan fingerprint density at radius 2 is 1.79 bits per heavy atom. The van der Waals surface area contributed by atoms with Crippen LogP contribution >= 0.6 is 0 Å². The van der Waals surface area contributed by atoms with E-state index in [2.05, 4.69) is 22.1 Å². The van der Waals surface area contributed by atoms with Crippen LogP contribution < -0.4 is 0 Å². The quantitative estimate of drug-likeness (QED) is 0.390. The zero-order valence-corrected chi connectivity index (χ0v) is 18.9. The summed E-state index contributed by atoms with van der Waals surface area (Å²) in [4.78, 5) is 24.1. The fourth-order valence-corrected chi connectivity index (χ4v) is 4.46. The number of nitrogens with zero attached hydrogens (tertiary/aromatic N) is 3. The van der Waals surface area contributed by atoms with E-state index >= 15 is 0 Å². The smallest absolute Gasteiger partial charge is 0.253 e. The Labute approximate surface area is 198 Å². The summed E-state index contributed by atoms with van der Waals surface area (Å²) in [5.74, 6) is 1.22. The maximum absolute atomic E-state index is 13.3. The first kappa shape index (κ1) is 22.0. The fourth-order valence-electron chi connectivity index (χ4n) is 4.46. The minimum Gasteiger partial charge on any atom is -0.445 e. The summed E-state index contributed by atoms with van der Waals surface area (Å²) in [6.07, 6.45) is 6.52. The van der Waals surface area contributed by atoms with Crippen molar-refractivity contribution >= 4 is 5.91 Å². The second-order valence-electron chi connectivity index (χ2n) is 8.76. The van der Waals surface area contributed by atoms with Crippen LogP contribution in [0.2, 0.25) is 0 Å². The van der Waals surface area contributed by atoms with Gasteiger partial charge in [0.25, 0.3) is 5.91 Å². The molecule has 2 aromatic heterocycles. The molecule has 3 heterocycles. The first-order chi connectivity index (χ1) is 16.6. The molecule has 0 radical (unpaired) electrons. The molecule has 1 saturated heterocycles. The van der Waals surface area contributed by atoms with Crippen LogP contribution in [0.15, 0.2) is 83.5 Å². The molecule has 34 heavy (non-hydrogen) atoms. The Bertz CT molecular complexity index is 1250. The highest BCUT2D eigenvalue weighted by Crippen LogP contribution is 2.28. The van der Waals surface area contributed by atoms with Crippen molar-refractivity contribution in [3.63, 3.8) is 0 Å². The van der Waals surface area contributed by atoms with Gasteiger partial charge in [0.15, 0.2) is 5.89 Å². The second kappa shape index (κ2) is 10.00. The van der Waals surface area contributed by atoms with Crippen molar-refractivity contribution in [2.24, 2.45) is 0 Å². The lowest BCUT2D eigenvalue weighted by atomic mass is 9.97. The number of hydrogen-bond acceptors (Lipinski definition) is 4. The van der Waals surface area contributed by atoms with E-state index in [9.17, 15) is 9.18 Å². The van der Waals surface area contributed by atoms with Gasteiger partial charge < -0.3 is 9.32 Å². The number of likely N-dealkylation sites (tertiary alicyclic amines) is 1. The largest absolute Gasteiger partial charge is 0.445 e. The first-order valence-corrected chi connectivity index (χ1v) is 11.6. The van der Waals surface area contributed by atoms with Gasteiger partial charge in [-0.05, 0) is 48.2 Å². The molecule has 1 atom stereocenters. The van der Waals surface area contributed by atoms with Gasteiger partial charge >= 0.3 is 0 Å². The van der Waals surface area contributed by atoms with E-state index in [1.54, 1.807) is 30.6 Å². The zero-order valence-electron chi connectivity index (χ0n) is 18.9. The molecule has 6 heteroatoms. The average Bonchev–Trinajstić information content (AvgIpc) is 3.34. The van der Waals surface area contributed by atoms with Gasteiger partial charge in [-0.3, -0.25) is 9.78 Å². The maximum Gasteiger partial charge on any atom is 0.253 e. The molecule has 0 aliphatic carbocycles. The first-order valence-electron chi connectivity index (χ1n) is 11.6. The Morgan fingerprint density at radius 3 is 2.62 bits per heavy atom. The van der Waals surface area contributed by atoms with Crippen LogP contribution in [0.3, 0.4) is 0 Å². The van der Waals surface area contributed by atoms with Crippen LogP contribution in [0.1, 0.15) is 57.6 Å². The standard InChI is InChI=1S/C28H26FN3O2/c29-24-10-8-21(9-11-24)16-26-18-31-27(34-26)23-7-4-14-32(19-23)28(33)22-12-13-30-25(17-22)15-20-5-2-1-3-6-20/h1-3,5-6,8-13,17-18,23H,4,7,14-16,19H2. The van der Waals surface area contributed by atoms with E-state index in [1.807, 2.05) is 29.2 Å². The molecule has 0 bridgehead atoms. The van der Waals surface area contributed by atoms with Gasteiger partial charge in [-0.1, -0.05) is 42.5 Å². The predicted octanol–water partition coefficient (Wildman–Crippen LogP) is 5.41. The summed E-state index contributed by atoms with van der Waals surface area (Å²) < 4.78 is 19.2. The van der Waals surface area contributed by atoms with Crippen molar-refractivity contribution < 1.29 is 13.6 Å². The molecular formula is C28H26FN3O2. The molecule has 1 amide bonds. The molecular weight excluding hydrogens is 429 g/mol. The van der Waals surface area contributed by atoms with Crippen molar-refractivity contribution in [3.05, 3.63) is 119 Å². The molecule has 4 aromatic rings. The highest BCUT2D eigenvalue weighted by atomic mass is 19.1. The third-order valence-corrected chi connectivity index (χ3v) is 6.21. The van der Waals surface area contributed by atoms with Gasteiger partial charge in [0.2, 0.25) is 0 Å². The molecule has 172 valence electrons. The summed E-state index contributed by atoms with van der Waals surface area (Å²) in [7, 11) is 0. The van der Waals surface area contributed by atoms with Crippen LogP contribution in [0.25, 0.3) is 0 Å². The lowest BCUT2D eigenvalue weighted by molar-refractivity contribution is 0.0697. The number of carbonyl (C=O) groups is 1. The van der Waals surface area contributed by atoms with Crippen LogP contribution in [0.4, 0.5) is 4.39 Å². The Morgan fingerprint density at radius 1 is 1.00 bits per heavy atom. The molecule has 2 aromatic carbocycles. The molecule has 1 aliphatic heterocycles. The van der Waals surface area contributed by atoms with Crippen molar-refractivity contribution in [1.82, 2.24) is 14.9 Å². The molecule has 1 unspecified atom stereocenters. The monoisotopic (exact) mass is 455 g/mol. The Hall–Kier alpha value is -3.80. The van der Waals surface area contributed by atoms with E-state index in [0.29, 0.717) is 30.8 Å². The highest BCUT2D eigenvalue weighted by Gasteiger charge is 2.28. The number of aromatic nitrogens is 2. The summed E-state index contributed by atoms with van der Waals surface area (Å²) in [5.41, 5.74) is 3.67. The van der Waals surface area contributed by atoms with Gasteiger partial charge in [0.1, 0.15) is 11.6 Å². The van der Waals surface area contributed by atoms with Gasteiger partial charge in [0.05, 0.1) is 12.1 Å². The minimum absolute atomic E-state index is 0.0134. The molecule has 0 spiro atoms. The number of halogens is 1. The van der Waals surface area contributed by atoms with Crippen molar-refractivity contribution in [2.75, 3.05) is 13.1 Å². The fraction of sp³-hybridized carbons (Fsp3) is 0.250. The molecule has 0 N–H and O–H groups in total. The van der Waals surface area contributed by atoms with E-state index < -0.39 is 0 Å². The van der Waals surface area contributed by atoms with E-state index in [1.165, 1.54) is 12.1 Å². The highest BCUT2D eigenvalue weighted by molar-refractivity contribution is 5.94. The zero-order chi connectivity index (χ0) is 23.3.